The maximum absolute atomic E-state index is 12.9. The molecule has 6 heteroatoms. The van der Waals surface area contributed by atoms with Crippen LogP contribution in [0.1, 0.15) is 15.9 Å². The summed E-state index contributed by atoms with van der Waals surface area (Å²) in [6.45, 7) is 0. The van der Waals surface area contributed by atoms with E-state index >= 15 is 0 Å². The lowest BCUT2D eigenvalue weighted by Crippen LogP contribution is -2.21. The summed E-state index contributed by atoms with van der Waals surface area (Å²) >= 11 is 0. The third-order valence-corrected chi connectivity index (χ3v) is 2.83. The average Bonchev–Trinajstić information content (AvgIpc) is 2.86. The number of hydrogen-bond acceptors (Lipinski definition) is 1. The van der Waals surface area contributed by atoms with Gasteiger partial charge >= 0.3 is 6.18 Å². The number of alkyl halides is 3. The smallest absolute Gasteiger partial charge is 0.345 e. The molecule has 0 spiro atoms. The summed E-state index contributed by atoms with van der Waals surface area (Å²) in [6, 6.07) is 6.74. The van der Waals surface area contributed by atoms with Crippen molar-refractivity contribution in [2.45, 2.75) is 6.18 Å². The monoisotopic (exact) mass is 282 g/mol. The molecule has 1 aromatic carbocycles. The van der Waals surface area contributed by atoms with Gasteiger partial charge in [0.15, 0.2) is 0 Å². The third kappa shape index (κ3) is 2.68. The predicted molar refractivity (Wildman–Crippen MR) is 68.8 cm³/mol. The van der Waals surface area contributed by atoms with E-state index < -0.39 is 11.7 Å². The molecule has 0 saturated carbocycles. The second kappa shape index (κ2) is 5.03. The predicted octanol–water partition coefficient (Wildman–Crippen LogP) is 3.20. The molecule has 20 heavy (non-hydrogen) atoms. The molecule has 0 N–H and O–H groups in total. The molecule has 1 heterocycles. The molecule has 106 valence electrons. The molecule has 0 atom stereocenters. The van der Waals surface area contributed by atoms with Gasteiger partial charge in [-0.3, -0.25) is 4.79 Å². The number of amides is 1. The van der Waals surface area contributed by atoms with Gasteiger partial charge in [-0.15, -0.1) is 0 Å². The Labute approximate surface area is 114 Å². The lowest BCUT2D eigenvalue weighted by atomic mass is 10.1. The van der Waals surface area contributed by atoms with Crippen LogP contribution in [0.3, 0.4) is 0 Å². The van der Waals surface area contributed by atoms with E-state index in [2.05, 4.69) is 0 Å². The first kappa shape index (κ1) is 14.2. The minimum absolute atomic E-state index is 0.00203. The molecule has 0 aliphatic heterocycles. The van der Waals surface area contributed by atoms with Crippen molar-refractivity contribution in [2.75, 3.05) is 14.1 Å². The maximum atomic E-state index is 12.9. The summed E-state index contributed by atoms with van der Waals surface area (Å²) in [4.78, 5) is 13.1. The fourth-order valence-corrected chi connectivity index (χ4v) is 1.87. The van der Waals surface area contributed by atoms with Crippen molar-refractivity contribution in [1.82, 2.24) is 9.47 Å². The van der Waals surface area contributed by atoms with E-state index in [1.165, 1.54) is 46.1 Å². The quantitative estimate of drug-likeness (QED) is 0.830. The van der Waals surface area contributed by atoms with Crippen molar-refractivity contribution < 1.29 is 18.0 Å². The van der Waals surface area contributed by atoms with E-state index in [-0.39, 0.29) is 11.6 Å². The molecule has 0 unspecified atom stereocenters. The number of para-hydroxylation sites is 1. The maximum Gasteiger partial charge on any atom is 0.418 e. The van der Waals surface area contributed by atoms with Crippen LogP contribution >= 0.6 is 0 Å². The van der Waals surface area contributed by atoms with E-state index in [4.69, 9.17) is 0 Å². The first-order valence-corrected chi connectivity index (χ1v) is 5.87. The minimum atomic E-state index is -4.44. The molecule has 0 radical (unpaired) electrons. The van der Waals surface area contributed by atoms with Crippen LogP contribution in [0, 0.1) is 0 Å². The van der Waals surface area contributed by atoms with Gasteiger partial charge in [0.25, 0.3) is 5.91 Å². The van der Waals surface area contributed by atoms with Crippen molar-refractivity contribution in [3.05, 3.63) is 53.9 Å². The lowest BCUT2D eigenvalue weighted by molar-refractivity contribution is -0.137. The molecule has 0 saturated heterocycles. The normalized spacial score (nSPS) is 11.4. The summed E-state index contributed by atoms with van der Waals surface area (Å²) in [5, 5.41) is 0. The molecular weight excluding hydrogens is 269 g/mol. The number of nitrogens with zero attached hydrogens (tertiary/aromatic N) is 2. The van der Waals surface area contributed by atoms with E-state index in [1.54, 1.807) is 14.1 Å². The van der Waals surface area contributed by atoms with Gasteiger partial charge in [0.2, 0.25) is 0 Å². The highest BCUT2D eigenvalue weighted by Crippen LogP contribution is 2.33. The van der Waals surface area contributed by atoms with Gasteiger partial charge in [-0.1, -0.05) is 12.1 Å². The van der Waals surface area contributed by atoms with E-state index in [9.17, 15) is 18.0 Å². The fourth-order valence-electron chi connectivity index (χ4n) is 1.87. The van der Waals surface area contributed by atoms with Crippen LogP contribution < -0.4 is 0 Å². The highest BCUT2D eigenvalue weighted by atomic mass is 19.4. The van der Waals surface area contributed by atoms with Crippen LogP contribution in [-0.4, -0.2) is 29.5 Å². The Morgan fingerprint density at radius 2 is 1.80 bits per heavy atom. The Morgan fingerprint density at radius 1 is 1.15 bits per heavy atom. The standard InChI is InChI=1S/C14H13F3N2O/c1-18(2)13(20)10-7-8-19(9-10)12-6-4-3-5-11(12)14(15,16)17/h3-9H,1-2H3. The van der Waals surface area contributed by atoms with E-state index in [0.717, 1.165) is 6.07 Å². The molecule has 2 rings (SSSR count). The van der Waals surface area contributed by atoms with E-state index in [0.29, 0.717) is 5.56 Å². The number of carbonyl (C=O) groups is 1. The van der Waals surface area contributed by atoms with Gasteiger partial charge in [0.05, 0.1) is 16.8 Å². The zero-order chi connectivity index (χ0) is 14.9. The molecule has 0 aliphatic rings. The Kier molecular flexibility index (Phi) is 3.57. The second-order valence-electron chi connectivity index (χ2n) is 4.52. The highest BCUT2D eigenvalue weighted by Gasteiger charge is 2.33. The largest absolute Gasteiger partial charge is 0.418 e. The summed E-state index contributed by atoms with van der Waals surface area (Å²) in [6.07, 6.45) is -1.60. The molecular formula is C14H13F3N2O. The molecule has 0 bridgehead atoms. The van der Waals surface area contributed by atoms with Crippen LogP contribution in [-0.2, 0) is 6.18 Å². The topological polar surface area (TPSA) is 25.2 Å². The Hall–Kier alpha value is -2.24. The van der Waals surface area contributed by atoms with Crippen molar-refractivity contribution in [2.24, 2.45) is 0 Å². The highest BCUT2D eigenvalue weighted by molar-refractivity contribution is 5.93. The second-order valence-corrected chi connectivity index (χ2v) is 4.52. The summed E-state index contributed by atoms with van der Waals surface area (Å²) in [7, 11) is 3.17. The zero-order valence-corrected chi connectivity index (χ0v) is 11.0. The summed E-state index contributed by atoms with van der Waals surface area (Å²) in [5.74, 6) is -0.256. The van der Waals surface area contributed by atoms with Gasteiger partial charge in [0, 0.05) is 26.5 Å². The first-order chi connectivity index (χ1) is 9.30. The van der Waals surface area contributed by atoms with Gasteiger partial charge in [-0.25, -0.2) is 0 Å². The average molecular weight is 282 g/mol. The number of aromatic nitrogens is 1. The van der Waals surface area contributed by atoms with E-state index in [1.807, 2.05) is 0 Å². The number of hydrogen-bond donors (Lipinski definition) is 0. The fraction of sp³-hybridized carbons (Fsp3) is 0.214. The van der Waals surface area contributed by atoms with Crippen molar-refractivity contribution in [1.29, 1.82) is 0 Å². The molecule has 1 amide bonds. The third-order valence-electron chi connectivity index (χ3n) is 2.83. The molecule has 2 aromatic rings. The van der Waals surface area contributed by atoms with Crippen molar-refractivity contribution >= 4 is 5.91 Å². The Balaban J connectivity index is 2.46. The zero-order valence-electron chi connectivity index (χ0n) is 11.0. The van der Waals surface area contributed by atoms with Gasteiger partial charge in [-0.2, -0.15) is 13.2 Å². The molecule has 3 nitrogen and oxygen atoms in total. The van der Waals surface area contributed by atoms with Gasteiger partial charge < -0.3 is 9.47 Å². The van der Waals surface area contributed by atoms with Crippen LogP contribution in [0.2, 0.25) is 0 Å². The Bertz CT molecular complexity index is 629. The van der Waals surface area contributed by atoms with Crippen molar-refractivity contribution in [3.8, 4) is 5.69 Å². The molecule has 0 fully saturated rings. The molecule has 1 aromatic heterocycles. The lowest BCUT2D eigenvalue weighted by Gasteiger charge is -2.13. The summed E-state index contributed by atoms with van der Waals surface area (Å²) in [5.41, 5.74) is -0.399. The van der Waals surface area contributed by atoms with Crippen LogP contribution in [0.15, 0.2) is 42.7 Å². The van der Waals surface area contributed by atoms with Crippen LogP contribution in [0.4, 0.5) is 13.2 Å². The van der Waals surface area contributed by atoms with Gasteiger partial charge in [0.1, 0.15) is 0 Å². The summed E-state index contributed by atoms with van der Waals surface area (Å²) < 4.78 is 40.1. The van der Waals surface area contributed by atoms with Crippen molar-refractivity contribution in [3.63, 3.8) is 0 Å². The minimum Gasteiger partial charge on any atom is -0.345 e. The first-order valence-electron chi connectivity index (χ1n) is 5.87. The molecule has 0 aliphatic carbocycles. The Morgan fingerprint density at radius 3 is 2.40 bits per heavy atom. The van der Waals surface area contributed by atoms with Crippen LogP contribution in [0.5, 0.6) is 0 Å². The van der Waals surface area contributed by atoms with Crippen LogP contribution in [0.25, 0.3) is 5.69 Å². The number of rotatable bonds is 2. The van der Waals surface area contributed by atoms with Gasteiger partial charge in [-0.05, 0) is 18.2 Å². The number of carbonyl (C=O) groups excluding carboxylic acids is 1. The SMILES string of the molecule is CN(C)C(=O)c1ccn(-c2ccccc2C(F)(F)F)c1. The number of halogens is 3. The number of benzene rings is 1.